The number of hydrogen-bond donors (Lipinski definition) is 1. The number of nitrogens with two attached hydrogens (primary N) is 1. The predicted molar refractivity (Wildman–Crippen MR) is 79.7 cm³/mol. The minimum absolute atomic E-state index is 0.584. The van der Waals surface area contributed by atoms with Crippen molar-refractivity contribution in [3.05, 3.63) is 34.5 Å². The summed E-state index contributed by atoms with van der Waals surface area (Å²) in [6.07, 6.45) is 2.45. The van der Waals surface area contributed by atoms with Gasteiger partial charge in [-0.1, -0.05) is 6.07 Å². The van der Waals surface area contributed by atoms with E-state index in [0.717, 1.165) is 17.7 Å². The lowest BCUT2D eigenvalue weighted by molar-refractivity contribution is 0.315. The van der Waals surface area contributed by atoms with E-state index in [9.17, 15) is 0 Å². The van der Waals surface area contributed by atoms with E-state index < -0.39 is 0 Å². The van der Waals surface area contributed by atoms with Gasteiger partial charge < -0.3 is 10.6 Å². The van der Waals surface area contributed by atoms with Gasteiger partial charge in [-0.15, -0.1) is 11.3 Å². The van der Waals surface area contributed by atoms with Crippen LogP contribution in [0.15, 0.2) is 34.3 Å². The highest BCUT2D eigenvalue weighted by molar-refractivity contribution is 7.09. The summed E-state index contributed by atoms with van der Waals surface area (Å²) in [5, 5.41) is 10.0. The summed E-state index contributed by atoms with van der Waals surface area (Å²) in [5.74, 6) is 0. The SMILES string of the molecule is Nc1ccc(N(Cc2cccs2)C2CC2)c2nonc12. The number of nitrogen functional groups attached to an aromatic ring is 1. The Kier molecular flexibility index (Phi) is 2.63. The lowest BCUT2D eigenvalue weighted by Crippen LogP contribution is -2.24. The van der Waals surface area contributed by atoms with Crippen molar-refractivity contribution in [3.8, 4) is 0 Å². The van der Waals surface area contributed by atoms with Gasteiger partial charge in [0.2, 0.25) is 0 Å². The van der Waals surface area contributed by atoms with Crippen molar-refractivity contribution in [2.45, 2.75) is 25.4 Å². The first-order valence-corrected chi connectivity index (χ1v) is 7.50. The second kappa shape index (κ2) is 4.49. The molecule has 2 heterocycles. The molecular formula is C14H14N4OS. The van der Waals surface area contributed by atoms with Crippen LogP contribution in [0.1, 0.15) is 17.7 Å². The largest absolute Gasteiger partial charge is 0.397 e. The van der Waals surface area contributed by atoms with Crippen molar-refractivity contribution in [1.29, 1.82) is 0 Å². The van der Waals surface area contributed by atoms with Crippen LogP contribution >= 0.6 is 11.3 Å². The number of rotatable bonds is 4. The summed E-state index contributed by atoms with van der Waals surface area (Å²) in [6, 6.07) is 8.73. The molecule has 1 aliphatic rings. The lowest BCUT2D eigenvalue weighted by Gasteiger charge is -2.24. The summed E-state index contributed by atoms with van der Waals surface area (Å²) < 4.78 is 4.87. The molecule has 0 unspecified atom stereocenters. The maximum absolute atomic E-state index is 5.92. The molecule has 5 nitrogen and oxygen atoms in total. The highest BCUT2D eigenvalue weighted by Gasteiger charge is 2.31. The van der Waals surface area contributed by atoms with E-state index in [1.165, 1.54) is 17.7 Å². The Morgan fingerprint density at radius 1 is 1.25 bits per heavy atom. The van der Waals surface area contributed by atoms with Crippen LogP contribution < -0.4 is 10.6 Å². The van der Waals surface area contributed by atoms with Crippen molar-refractivity contribution < 1.29 is 4.63 Å². The van der Waals surface area contributed by atoms with Crippen molar-refractivity contribution in [1.82, 2.24) is 10.3 Å². The molecule has 0 radical (unpaired) electrons. The van der Waals surface area contributed by atoms with E-state index in [1.807, 2.05) is 12.1 Å². The van der Waals surface area contributed by atoms with Gasteiger partial charge in [0.05, 0.1) is 17.9 Å². The molecule has 3 aromatic rings. The Balaban J connectivity index is 1.78. The number of thiophene rings is 1. The Morgan fingerprint density at radius 3 is 2.85 bits per heavy atom. The van der Waals surface area contributed by atoms with E-state index >= 15 is 0 Å². The van der Waals surface area contributed by atoms with Crippen molar-refractivity contribution in [3.63, 3.8) is 0 Å². The normalized spacial score (nSPS) is 14.8. The van der Waals surface area contributed by atoms with Gasteiger partial charge in [0.15, 0.2) is 11.0 Å². The topological polar surface area (TPSA) is 68.2 Å². The van der Waals surface area contributed by atoms with E-state index in [0.29, 0.717) is 17.2 Å². The van der Waals surface area contributed by atoms with Crippen LogP contribution in [0, 0.1) is 0 Å². The van der Waals surface area contributed by atoms with Crippen LogP contribution in [0.3, 0.4) is 0 Å². The van der Waals surface area contributed by atoms with Gasteiger partial charge in [0.1, 0.15) is 0 Å². The van der Waals surface area contributed by atoms with Gasteiger partial charge in [-0.3, -0.25) is 0 Å². The molecule has 6 heteroatoms. The number of hydrogen-bond acceptors (Lipinski definition) is 6. The van der Waals surface area contributed by atoms with Crippen molar-refractivity contribution in [2.24, 2.45) is 0 Å². The highest BCUT2D eigenvalue weighted by atomic mass is 32.1. The molecule has 0 atom stereocenters. The molecule has 1 aromatic carbocycles. The van der Waals surface area contributed by atoms with Gasteiger partial charge in [-0.25, -0.2) is 4.63 Å². The van der Waals surface area contributed by atoms with E-state index in [4.69, 9.17) is 10.4 Å². The lowest BCUT2D eigenvalue weighted by atomic mass is 10.2. The van der Waals surface area contributed by atoms with Gasteiger partial charge in [-0.2, -0.15) is 0 Å². The molecule has 0 saturated heterocycles. The first-order chi connectivity index (χ1) is 9.83. The number of benzene rings is 1. The summed E-state index contributed by atoms with van der Waals surface area (Å²) in [7, 11) is 0. The predicted octanol–water partition coefficient (Wildman–Crippen LogP) is 3.04. The van der Waals surface area contributed by atoms with Gasteiger partial charge in [0.25, 0.3) is 0 Å². The second-order valence-corrected chi connectivity index (χ2v) is 6.11. The zero-order valence-electron chi connectivity index (χ0n) is 10.8. The smallest absolute Gasteiger partial charge is 0.160 e. The Labute approximate surface area is 120 Å². The molecule has 0 aliphatic heterocycles. The van der Waals surface area contributed by atoms with Crippen LogP contribution in [-0.2, 0) is 6.54 Å². The maximum atomic E-state index is 5.92. The molecule has 2 aromatic heterocycles. The van der Waals surface area contributed by atoms with Crippen LogP contribution in [0.4, 0.5) is 11.4 Å². The van der Waals surface area contributed by atoms with Crippen LogP contribution in [-0.4, -0.2) is 16.4 Å². The molecular weight excluding hydrogens is 272 g/mol. The van der Waals surface area contributed by atoms with E-state index in [1.54, 1.807) is 11.3 Å². The molecule has 1 aliphatic carbocycles. The fourth-order valence-corrected chi connectivity index (χ4v) is 3.17. The van der Waals surface area contributed by atoms with Crippen LogP contribution in [0.5, 0.6) is 0 Å². The summed E-state index contributed by atoms with van der Waals surface area (Å²) in [4.78, 5) is 3.73. The molecule has 20 heavy (non-hydrogen) atoms. The standard InChI is InChI=1S/C14H14N4OS/c15-11-5-6-12(14-13(11)16-19-17-14)18(9-3-4-9)8-10-2-1-7-20-10/h1-2,5-7,9H,3-4,8,15H2. The molecule has 102 valence electrons. The fourth-order valence-electron chi connectivity index (χ4n) is 2.47. The van der Waals surface area contributed by atoms with E-state index in [-0.39, 0.29) is 0 Å². The molecule has 0 amide bonds. The molecule has 4 rings (SSSR count). The zero-order chi connectivity index (χ0) is 13.5. The fraction of sp³-hybridized carbons (Fsp3) is 0.286. The third-order valence-electron chi connectivity index (χ3n) is 3.63. The minimum atomic E-state index is 0.584. The van der Waals surface area contributed by atoms with Gasteiger partial charge in [0, 0.05) is 10.9 Å². The molecule has 1 saturated carbocycles. The maximum Gasteiger partial charge on any atom is 0.160 e. The highest BCUT2D eigenvalue weighted by Crippen LogP contribution is 2.37. The molecule has 0 bridgehead atoms. The first-order valence-electron chi connectivity index (χ1n) is 6.62. The summed E-state index contributed by atoms with van der Waals surface area (Å²) in [6.45, 7) is 0.897. The third kappa shape index (κ3) is 1.92. The van der Waals surface area contributed by atoms with Crippen molar-refractivity contribution >= 4 is 33.7 Å². The minimum Gasteiger partial charge on any atom is -0.397 e. The second-order valence-electron chi connectivity index (χ2n) is 5.07. The quantitative estimate of drug-likeness (QED) is 0.747. The summed E-state index contributed by atoms with van der Waals surface area (Å²) in [5.41, 5.74) is 9.00. The van der Waals surface area contributed by atoms with E-state index in [2.05, 4.69) is 32.7 Å². The monoisotopic (exact) mass is 286 g/mol. The van der Waals surface area contributed by atoms with Crippen LogP contribution in [0.25, 0.3) is 11.0 Å². The number of nitrogens with zero attached hydrogens (tertiary/aromatic N) is 3. The van der Waals surface area contributed by atoms with Crippen LogP contribution in [0.2, 0.25) is 0 Å². The average Bonchev–Trinajstić information content (AvgIpc) is 2.96. The number of anilines is 2. The third-order valence-corrected chi connectivity index (χ3v) is 4.49. The average molecular weight is 286 g/mol. The summed E-state index contributed by atoms with van der Waals surface area (Å²) >= 11 is 1.78. The molecule has 2 N–H and O–H groups in total. The Hall–Kier alpha value is -2.08. The zero-order valence-corrected chi connectivity index (χ0v) is 11.6. The Bertz CT molecular complexity index is 733. The molecule has 0 spiro atoms. The van der Waals surface area contributed by atoms with Crippen molar-refractivity contribution in [2.75, 3.05) is 10.6 Å². The first kappa shape index (κ1) is 11.7. The number of aromatic nitrogens is 2. The molecule has 1 fully saturated rings. The van der Waals surface area contributed by atoms with Gasteiger partial charge in [-0.05, 0) is 46.7 Å². The van der Waals surface area contributed by atoms with Gasteiger partial charge >= 0.3 is 0 Å². The Morgan fingerprint density at radius 2 is 2.10 bits per heavy atom. The number of fused-ring (bicyclic) bond motifs is 1.